The Morgan fingerprint density at radius 3 is 2.65 bits per heavy atom. The molecule has 0 atom stereocenters. The third-order valence-electron chi connectivity index (χ3n) is 3.63. The largest absolute Gasteiger partial charge is 0.312 e. The zero-order valence-corrected chi connectivity index (χ0v) is 11.9. The van der Waals surface area contributed by atoms with E-state index in [1.165, 1.54) is 24.8 Å². The molecule has 17 heavy (non-hydrogen) atoms. The van der Waals surface area contributed by atoms with Crippen molar-refractivity contribution in [2.24, 2.45) is 5.41 Å². The summed E-state index contributed by atoms with van der Waals surface area (Å²) in [6.45, 7) is 8.77. The fraction of sp³-hybridized carbons (Fsp3) is 0.769. The minimum atomic E-state index is 0. The second kappa shape index (κ2) is 5.87. The summed E-state index contributed by atoms with van der Waals surface area (Å²) in [7, 11) is 0. The third kappa shape index (κ3) is 3.71. The molecule has 0 saturated heterocycles. The number of nitrogens with zero attached hydrogens (tertiary/aromatic N) is 2. The monoisotopic (exact) mass is 257 g/mol. The van der Waals surface area contributed by atoms with Gasteiger partial charge in [-0.15, -0.1) is 12.4 Å². The zero-order valence-electron chi connectivity index (χ0n) is 11.1. The quantitative estimate of drug-likeness (QED) is 0.878. The van der Waals surface area contributed by atoms with E-state index in [2.05, 4.69) is 37.4 Å². The Hall–Kier alpha value is -0.540. The minimum Gasteiger partial charge on any atom is -0.312 e. The van der Waals surface area contributed by atoms with Gasteiger partial charge < -0.3 is 5.32 Å². The summed E-state index contributed by atoms with van der Waals surface area (Å²) in [6.07, 6.45) is 8.27. The van der Waals surface area contributed by atoms with E-state index in [0.717, 1.165) is 13.1 Å². The topological polar surface area (TPSA) is 29.9 Å². The summed E-state index contributed by atoms with van der Waals surface area (Å²) in [5, 5.41) is 7.88. The van der Waals surface area contributed by atoms with E-state index in [9.17, 15) is 0 Å². The molecule has 0 unspecified atom stereocenters. The molecule has 0 bridgehead atoms. The lowest BCUT2D eigenvalue weighted by Gasteiger charge is -2.38. The Kier molecular flexibility index (Phi) is 5.02. The number of hydrogen-bond donors (Lipinski definition) is 1. The van der Waals surface area contributed by atoms with Gasteiger partial charge >= 0.3 is 0 Å². The van der Waals surface area contributed by atoms with Crippen molar-refractivity contribution in [2.75, 3.05) is 6.54 Å². The lowest BCUT2D eigenvalue weighted by molar-refractivity contribution is 0.156. The number of rotatable bonds is 5. The van der Waals surface area contributed by atoms with Gasteiger partial charge in [-0.3, -0.25) is 4.68 Å². The van der Waals surface area contributed by atoms with Crippen molar-refractivity contribution in [3.8, 4) is 0 Å². The van der Waals surface area contributed by atoms with Gasteiger partial charge in [-0.05, 0) is 32.1 Å². The maximum atomic E-state index is 4.34. The number of nitrogens with one attached hydrogen (secondary N) is 1. The van der Waals surface area contributed by atoms with Gasteiger partial charge in [0.15, 0.2) is 0 Å². The highest BCUT2D eigenvalue weighted by Gasteiger charge is 2.30. The summed E-state index contributed by atoms with van der Waals surface area (Å²) < 4.78 is 2.02. The molecule has 0 amide bonds. The van der Waals surface area contributed by atoms with Crippen molar-refractivity contribution in [2.45, 2.75) is 52.6 Å². The van der Waals surface area contributed by atoms with Crippen LogP contribution in [0.1, 0.15) is 51.6 Å². The number of halogens is 1. The summed E-state index contributed by atoms with van der Waals surface area (Å²) >= 11 is 0. The second-order valence-corrected chi connectivity index (χ2v) is 5.69. The maximum Gasteiger partial charge on any atom is 0.0534 e. The van der Waals surface area contributed by atoms with Gasteiger partial charge in [0.1, 0.15) is 0 Å². The molecule has 4 heteroatoms. The molecule has 1 saturated carbocycles. The highest BCUT2D eigenvalue weighted by molar-refractivity contribution is 5.85. The van der Waals surface area contributed by atoms with Crippen molar-refractivity contribution < 1.29 is 0 Å². The van der Waals surface area contributed by atoms with Crippen LogP contribution in [-0.2, 0) is 6.54 Å². The van der Waals surface area contributed by atoms with Gasteiger partial charge in [-0.1, -0.05) is 13.3 Å². The molecule has 1 aliphatic rings. The molecule has 1 aromatic rings. The van der Waals surface area contributed by atoms with Crippen LogP contribution in [0.5, 0.6) is 0 Å². The molecule has 0 radical (unpaired) electrons. The number of hydrogen-bond acceptors (Lipinski definition) is 2. The molecule has 1 N–H and O–H groups in total. The van der Waals surface area contributed by atoms with Crippen molar-refractivity contribution in [3.63, 3.8) is 0 Å². The van der Waals surface area contributed by atoms with Crippen molar-refractivity contribution in [1.29, 1.82) is 0 Å². The average molecular weight is 258 g/mol. The predicted octanol–water partition coefficient (Wildman–Crippen LogP) is 3.17. The van der Waals surface area contributed by atoms with E-state index < -0.39 is 0 Å². The van der Waals surface area contributed by atoms with Crippen LogP contribution in [0.15, 0.2) is 12.4 Å². The van der Waals surface area contributed by atoms with Gasteiger partial charge in [-0.25, -0.2) is 0 Å². The van der Waals surface area contributed by atoms with Crippen LogP contribution in [0.3, 0.4) is 0 Å². The molecule has 1 aromatic heterocycles. The van der Waals surface area contributed by atoms with Crippen LogP contribution in [0, 0.1) is 5.41 Å². The van der Waals surface area contributed by atoms with E-state index in [-0.39, 0.29) is 12.4 Å². The smallest absolute Gasteiger partial charge is 0.0534 e. The van der Waals surface area contributed by atoms with E-state index in [0.29, 0.717) is 11.5 Å². The fourth-order valence-electron chi connectivity index (χ4n) is 2.22. The first-order valence-corrected chi connectivity index (χ1v) is 6.33. The van der Waals surface area contributed by atoms with E-state index in [1.807, 2.05) is 10.9 Å². The molecular weight excluding hydrogens is 234 g/mol. The van der Waals surface area contributed by atoms with E-state index in [4.69, 9.17) is 0 Å². The van der Waals surface area contributed by atoms with E-state index >= 15 is 0 Å². The molecule has 1 fully saturated rings. The molecule has 3 nitrogen and oxygen atoms in total. The molecule has 0 aliphatic heterocycles. The summed E-state index contributed by atoms with van der Waals surface area (Å²) in [5.41, 5.74) is 1.85. The average Bonchev–Trinajstić information content (AvgIpc) is 2.64. The van der Waals surface area contributed by atoms with Crippen LogP contribution in [0.4, 0.5) is 0 Å². The lowest BCUT2D eigenvalue weighted by atomic mass is 9.70. The molecule has 1 aliphatic carbocycles. The Morgan fingerprint density at radius 1 is 1.47 bits per heavy atom. The minimum absolute atomic E-state index is 0. The molecular formula is C13H24ClN3. The Bertz CT molecular complexity index is 342. The van der Waals surface area contributed by atoms with Crippen molar-refractivity contribution in [3.05, 3.63) is 18.0 Å². The highest BCUT2D eigenvalue weighted by atomic mass is 35.5. The predicted molar refractivity (Wildman–Crippen MR) is 73.5 cm³/mol. The van der Waals surface area contributed by atoms with Crippen LogP contribution in [0.2, 0.25) is 0 Å². The van der Waals surface area contributed by atoms with Gasteiger partial charge in [0.05, 0.1) is 6.20 Å². The van der Waals surface area contributed by atoms with Crippen molar-refractivity contribution in [1.82, 2.24) is 15.1 Å². The molecule has 98 valence electrons. The third-order valence-corrected chi connectivity index (χ3v) is 3.63. The lowest BCUT2D eigenvalue weighted by Crippen LogP contribution is -2.36. The zero-order chi connectivity index (χ0) is 11.6. The second-order valence-electron chi connectivity index (χ2n) is 5.69. The van der Waals surface area contributed by atoms with Crippen LogP contribution < -0.4 is 5.32 Å². The normalized spacial score (nSPS) is 17.6. The SMILES string of the molecule is CC(C)n1cc(CNCC2(C)CCC2)cn1.Cl. The summed E-state index contributed by atoms with van der Waals surface area (Å²) in [4.78, 5) is 0. The summed E-state index contributed by atoms with van der Waals surface area (Å²) in [6, 6.07) is 0.456. The fourth-order valence-corrected chi connectivity index (χ4v) is 2.22. The Morgan fingerprint density at radius 2 is 2.18 bits per heavy atom. The van der Waals surface area contributed by atoms with E-state index in [1.54, 1.807) is 0 Å². The van der Waals surface area contributed by atoms with Gasteiger partial charge in [0.2, 0.25) is 0 Å². The highest BCUT2D eigenvalue weighted by Crippen LogP contribution is 2.39. The van der Waals surface area contributed by atoms with Crippen LogP contribution in [-0.4, -0.2) is 16.3 Å². The van der Waals surface area contributed by atoms with Gasteiger partial charge in [0.25, 0.3) is 0 Å². The first-order chi connectivity index (χ1) is 7.59. The van der Waals surface area contributed by atoms with Crippen LogP contribution >= 0.6 is 12.4 Å². The van der Waals surface area contributed by atoms with Gasteiger partial charge in [-0.2, -0.15) is 5.10 Å². The molecule has 0 spiro atoms. The molecule has 1 heterocycles. The first-order valence-electron chi connectivity index (χ1n) is 6.33. The maximum absolute atomic E-state index is 4.34. The Balaban J connectivity index is 0.00000144. The Labute approximate surface area is 110 Å². The first kappa shape index (κ1) is 14.5. The standard InChI is InChI=1S/C13H23N3.ClH/c1-11(2)16-9-12(8-15-16)7-14-10-13(3)5-4-6-13;/h8-9,11,14H,4-7,10H2,1-3H3;1H. The molecule has 2 rings (SSSR count). The summed E-state index contributed by atoms with van der Waals surface area (Å²) in [5.74, 6) is 0. The number of aromatic nitrogens is 2. The van der Waals surface area contributed by atoms with Gasteiger partial charge in [0, 0.05) is 30.9 Å². The molecule has 0 aromatic carbocycles. The van der Waals surface area contributed by atoms with Crippen molar-refractivity contribution >= 4 is 12.4 Å². The van der Waals surface area contributed by atoms with Crippen LogP contribution in [0.25, 0.3) is 0 Å².